The maximum absolute atomic E-state index is 13.7. The van der Waals surface area contributed by atoms with Crippen molar-refractivity contribution in [2.45, 2.75) is 52.0 Å². The van der Waals surface area contributed by atoms with Crippen molar-refractivity contribution in [3.63, 3.8) is 0 Å². The van der Waals surface area contributed by atoms with Crippen molar-refractivity contribution < 1.29 is 13.2 Å². The van der Waals surface area contributed by atoms with Gasteiger partial charge in [0.05, 0.1) is 11.4 Å². The van der Waals surface area contributed by atoms with Gasteiger partial charge in [0.25, 0.3) is 0 Å². The molecule has 2 aromatic carbocycles. The van der Waals surface area contributed by atoms with Gasteiger partial charge in [0, 0.05) is 19.6 Å². The van der Waals surface area contributed by atoms with Gasteiger partial charge in [-0.15, -0.1) is 0 Å². The van der Waals surface area contributed by atoms with Gasteiger partial charge in [-0.3, -0.25) is 4.79 Å². The molecule has 1 saturated heterocycles. The van der Waals surface area contributed by atoms with Gasteiger partial charge in [0.2, 0.25) is 15.9 Å². The molecule has 0 N–H and O–H groups in total. The first-order valence-corrected chi connectivity index (χ1v) is 12.0. The van der Waals surface area contributed by atoms with Gasteiger partial charge in [-0.2, -0.15) is 4.31 Å². The predicted octanol–water partition coefficient (Wildman–Crippen LogP) is 4.06. The summed E-state index contributed by atoms with van der Waals surface area (Å²) in [4.78, 5) is 15.1. The van der Waals surface area contributed by atoms with Crippen molar-refractivity contribution in [1.29, 1.82) is 0 Å². The molecule has 1 fully saturated rings. The van der Waals surface area contributed by atoms with Crippen LogP contribution in [0.1, 0.15) is 42.0 Å². The normalized spacial score (nSPS) is 15.6. The van der Waals surface area contributed by atoms with Crippen LogP contribution in [0.4, 0.5) is 0 Å². The third-order valence-electron chi connectivity index (χ3n) is 5.85. The Kier molecular flexibility index (Phi) is 6.98. The number of sulfonamides is 1. The maximum atomic E-state index is 13.7. The molecule has 0 radical (unpaired) electrons. The second-order valence-corrected chi connectivity index (χ2v) is 10.4. The summed E-state index contributed by atoms with van der Waals surface area (Å²) in [5, 5.41) is 0. The molecule has 162 valence electrons. The van der Waals surface area contributed by atoms with E-state index in [9.17, 15) is 13.2 Å². The highest BCUT2D eigenvalue weighted by Crippen LogP contribution is 2.27. The van der Waals surface area contributed by atoms with Gasteiger partial charge < -0.3 is 4.90 Å². The Balaban J connectivity index is 1.94. The standard InChI is InChI=1S/C24H32N2O3S/c1-18-10-12-25(13-11-18)23(27)17-26(16-22-8-6-5-7-9-22)30(28,29)24-20(3)14-19(2)15-21(24)4/h5-9,14-15,18H,10-13,16-17H2,1-4H3. The molecule has 1 heterocycles. The van der Waals surface area contributed by atoms with Crippen molar-refractivity contribution in [3.05, 3.63) is 64.7 Å². The number of likely N-dealkylation sites (tertiary alicyclic amines) is 1. The SMILES string of the molecule is Cc1cc(C)c(S(=O)(=O)N(CC(=O)N2CCC(C)CC2)Cc2ccccc2)c(C)c1. The first kappa shape index (κ1) is 22.5. The fraction of sp³-hybridized carbons (Fsp3) is 0.458. The summed E-state index contributed by atoms with van der Waals surface area (Å²) in [5.74, 6) is 0.486. The van der Waals surface area contributed by atoms with Crippen molar-refractivity contribution >= 4 is 15.9 Å². The number of benzene rings is 2. The van der Waals surface area contributed by atoms with Crippen LogP contribution in [-0.2, 0) is 21.4 Å². The minimum absolute atomic E-state index is 0.121. The van der Waals surface area contributed by atoms with E-state index in [1.165, 1.54) is 4.31 Å². The first-order valence-electron chi connectivity index (χ1n) is 10.6. The topological polar surface area (TPSA) is 57.7 Å². The Morgan fingerprint density at radius 3 is 2.17 bits per heavy atom. The van der Waals surface area contributed by atoms with Crippen LogP contribution in [0.25, 0.3) is 0 Å². The van der Waals surface area contributed by atoms with Gasteiger partial charge in [-0.05, 0) is 56.2 Å². The molecule has 1 aliphatic rings. The number of rotatable bonds is 6. The van der Waals surface area contributed by atoms with Crippen molar-refractivity contribution in [3.8, 4) is 0 Å². The van der Waals surface area contributed by atoms with E-state index in [1.807, 2.05) is 68.1 Å². The van der Waals surface area contributed by atoms with E-state index < -0.39 is 10.0 Å². The fourth-order valence-electron chi connectivity index (χ4n) is 4.22. The number of piperidine rings is 1. The average molecular weight is 429 g/mol. The van der Waals surface area contributed by atoms with Crippen LogP contribution >= 0.6 is 0 Å². The lowest BCUT2D eigenvalue weighted by Crippen LogP contribution is -2.45. The molecule has 0 aromatic heterocycles. The lowest BCUT2D eigenvalue weighted by Gasteiger charge is -2.32. The van der Waals surface area contributed by atoms with E-state index in [1.54, 1.807) is 0 Å². The summed E-state index contributed by atoms with van der Waals surface area (Å²) in [6.45, 7) is 9.21. The largest absolute Gasteiger partial charge is 0.342 e. The van der Waals surface area contributed by atoms with Gasteiger partial charge in [-0.1, -0.05) is 55.0 Å². The highest BCUT2D eigenvalue weighted by atomic mass is 32.2. The molecule has 2 aromatic rings. The first-order chi connectivity index (χ1) is 14.2. The van der Waals surface area contributed by atoms with Crippen LogP contribution in [0.2, 0.25) is 0 Å². The summed E-state index contributed by atoms with van der Waals surface area (Å²) in [6, 6.07) is 13.2. The minimum Gasteiger partial charge on any atom is -0.342 e. The highest BCUT2D eigenvalue weighted by molar-refractivity contribution is 7.89. The van der Waals surface area contributed by atoms with Crippen LogP contribution in [0.5, 0.6) is 0 Å². The van der Waals surface area contributed by atoms with Crippen molar-refractivity contribution in [2.75, 3.05) is 19.6 Å². The number of hydrogen-bond donors (Lipinski definition) is 0. The van der Waals surface area contributed by atoms with Crippen LogP contribution in [0, 0.1) is 26.7 Å². The summed E-state index contributed by atoms with van der Waals surface area (Å²) < 4.78 is 28.8. The number of hydrogen-bond acceptors (Lipinski definition) is 3. The monoisotopic (exact) mass is 428 g/mol. The summed E-state index contributed by atoms with van der Waals surface area (Å²) in [5.41, 5.74) is 3.32. The lowest BCUT2D eigenvalue weighted by atomic mass is 9.99. The van der Waals surface area contributed by atoms with Gasteiger partial charge in [0.15, 0.2) is 0 Å². The van der Waals surface area contributed by atoms with E-state index in [2.05, 4.69) is 6.92 Å². The molecule has 3 rings (SSSR count). The molecule has 6 heteroatoms. The Morgan fingerprint density at radius 2 is 1.60 bits per heavy atom. The molecule has 5 nitrogen and oxygen atoms in total. The van der Waals surface area contributed by atoms with Crippen LogP contribution in [0.3, 0.4) is 0 Å². The van der Waals surface area contributed by atoms with E-state index in [0.29, 0.717) is 35.0 Å². The second-order valence-electron chi connectivity index (χ2n) is 8.55. The molecular formula is C24H32N2O3S. The molecule has 0 unspecified atom stereocenters. The number of amides is 1. The van der Waals surface area contributed by atoms with E-state index in [0.717, 1.165) is 24.0 Å². The second kappa shape index (κ2) is 9.31. The summed E-state index contributed by atoms with van der Waals surface area (Å²) >= 11 is 0. The molecule has 0 bridgehead atoms. The summed E-state index contributed by atoms with van der Waals surface area (Å²) in [6.07, 6.45) is 1.93. The highest BCUT2D eigenvalue weighted by Gasteiger charge is 2.32. The van der Waals surface area contributed by atoms with Crippen molar-refractivity contribution in [1.82, 2.24) is 9.21 Å². The molecular weight excluding hydrogens is 396 g/mol. The zero-order valence-corrected chi connectivity index (χ0v) is 19.2. The zero-order valence-electron chi connectivity index (χ0n) is 18.4. The summed E-state index contributed by atoms with van der Waals surface area (Å²) in [7, 11) is -3.84. The van der Waals surface area contributed by atoms with E-state index in [4.69, 9.17) is 0 Å². The van der Waals surface area contributed by atoms with E-state index in [-0.39, 0.29) is 19.0 Å². The smallest absolute Gasteiger partial charge is 0.244 e. The number of carbonyl (C=O) groups is 1. The quantitative estimate of drug-likeness (QED) is 0.697. The zero-order chi connectivity index (χ0) is 21.9. The Morgan fingerprint density at radius 1 is 1.03 bits per heavy atom. The fourth-order valence-corrected chi connectivity index (χ4v) is 6.01. The number of carbonyl (C=O) groups excluding carboxylic acids is 1. The van der Waals surface area contributed by atoms with Gasteiger partial charge in [0.1, 0.15) is 0 Å². The minimum atomic E-state index is -3.84. The Labute approximate surface area is 180 Å². The average Bonchev–Trinajstić information content (AvgIpc) is 2.67. The molecule has 1 amide bonds. The van der Waals surface area contributed by atoms with E-state index >= 15 is 0 Å². The third kappa shape index (κ3) is 5.10. The molecule has 1 aliphatic heterocycles. The van der Waals surface area contributed by atoms with Crippen LogP contribution in [0.15, 0.2) is 47.4 Å². The number of aryl methyl sites for hydroxylation is 3. The Bertz CT molecular complexity index is 971. The Hall–Kier alpha value is -2.18. The van der Waals surface area contributed by atoms with Crippen LogP contribution in [-0.4, -0.2) is 43.2 Å². The molecule has 0 spiro atoms. The predicted molar refractivity (Wildman–Crippen MR) is 120 cm³/mol. The maximum Gasteiger partial charge on any atom is 0.244 e. The molecule has 0 saturated carbocycles. The van der Waals surface area contributed by atoms with Gasteiger partial charge in [-0.25, -0.2) is 8.42 Å². The van der Waals surface area contributed by atoms with Crippen molar-refractivity contribution in [2.24, 2.45) is 5.92 Å². The lowest BCUT2D eigenvalue weighted by molar-refractivity contribution is -0.132. The third-order valence-corrected chi connectivity index (χ3v) is 7.95. The number of nitrogens with zero attached hydrogens (tertiary/aromatic N) is 2. The van der Waals surface area contributed by atoms with Gasteiger partial charge >= 0.3 is 0 Å². The molecule has 0 atom stereocenters. The molecule has 30 heavy (non-hydrogen) atoms. The molecule has 0 aliphatic carbocycles. The van der Waals surface area contributed by atoms with Crippen LogP contribution < -0.4 is 0 Å².